The minimum absolute atomic E-state index is 0.243. The average Bonchev–Trinajstić information content (AvgIpc) is 2.49. The summed E-state index contributed by atoms with van der Waals surface area (Å²) in [5, 5.41) is 6.58. The maximum Gasteiger partial charge on any atom is 0.270 e. The molecule has 7 heteroatoms. The van der Waals surface area contributed by atoms with Gasteiger partial charge in [0.15, 0.2) is 0 Å². The predicted octanol–water partition coefficient (Wildman–Crippen LogP) is 3.67. The molecule has 0 atom stereocenters. The molecular weight excluding hydrogens is 311 g/mol. The van der Waals surface area contributed by atoms with Gasteiger partial charge >= 0.3 is 0 Å². The van der Waals surface area contributed by atoms with E-state index in [1.54, 1.807) is 24.3 Å². The Morgan fingerprint density at radius 3 is 2.62 bits per heavy atom. The van der Waals surface area contributed by atoms with Gasteiger partial charge in [-0.25, -0.2) is 9.97 Å². The number of nitrogens with one attached hydrogen (secondary N) is 2. The molecule has 2 rings (SSSR count). The second-order valence-corrected chi connectivity index (χ2v) is 5.06. The van der Waals surface area contributed by atoms with E-state index in [0.29, 0.717) is 22.3 Å². The summed E-state index contributed by atoms with van der Waals surface area (Å²) in [4.78, 5) is 20.1. The summed E-state index contributed by atoms with van der Waals surface area (Å²) in [6.07, 6.45) is 2.36. The molecule has 2 aromatic rings. The van der Waals surface area contributed by atoms with Crippen molar-refractivity contribution < 1.29 is 4.79 Å². The van der Waals surface area contributed by atoms with E-state index < -0.39 is 0 Å². The van der Waals surface area contributed by atoms with Crippen LogP contribution in [0.1, 0.15) is 23.8 Å². The molecule has 0 unspecified atom stereocenters. The standard InChI is InChI=1S/C14H14Cl2N4O/c1-2-7-17-13(21)11-6-8-18-14(19-11)20-12-9(15)4-3-5-10(12)16/h3-6,8H,2,7H2,1H3,(H,17,21)(H,18,19,20). The van der Waals surface area contributed by atoms with Gasteiger partial charge in [0.1, 0.15) is 5.69 Å². The number of hydrogen-bond acceptors (Lipinski definition) is 4. The van der Waals surface area contributed by atoms with Crippen LogP contribution in [0.2, 0.25) is 10.0 Å². The van der Waals surface area contributed by atoms with Crippen molar-refractivity contribution in [1.29, 1.82) is 0 Å². The molecule has 110 valence electrons. The van der Waals surface area contributed by atoms with Crippen molar-refractivity contribution in [3.8, 4) is 0 Å². The molecule has 1 aromatic heterocycles. The molecular formula is C14H14Cl2N4O. The third-order valence-electron chi connectivity index (χ3n) is 2.62. The van der Waals surface area contributed by atoms with E-state index in [2.05, 4.69) is 20.6 Å². The number of anilines is 2. The molecule has 0 radical (unpaired) electrons. The first-order valence-corrected chi connectivity index (χ1v) is 7.19. The maximum atomic E-state index is 11.9. The largest absolute Gasteiger partial charge is 0.351 e. The number of nitrogens with zero attached hydrogens (tertiary/aromatic N) is 2. The number of benzene rings is 1. The first kappa shape index (κ1) is 15.5. The maximum absolute atomic E-state index is 11.9. The van der Waals surface area contributed by atoms with E-state index >= 15 is 0 Å². The second kappa shape index (κ2) is 7.24. The molecule has 0 aliphatic rings. The number of rotatable bonds is 5. The summed E-state index contributed by atoms with van der Waals surface area (Å²) in [7, 11) is 0. The highest BCUT2D eigenvalue weighted by atomic mass is 35.5. The number of amides is 1. The van der Waals surface area contributed by atoms with Crippen molar-refractivity contribution >= 4 is 40.7 Å². The number of para-hydroxylation sites is 1. The van der Waals surface area contributed by atoms with Crippen molar-refractivity contribution in [2.45, 2.75) is 13.3 Å². The number of hydrogen-bond donors (Lipinski definition) is 2. The van der Waals surface area contributed by atoms with Gasteiger partial charge in [0, 0.05) is 12.7 Å². The molecule has 0 bridgehead atoms. The Morgan fingerprint density at radius 1 is 1.24 bits per heavy atom. The van der Waals surface area contributed by atoms with E-state index in [-0.39, 0.29) is 17.5 Å². The molecule has 5 nitrogen and oxygen atoms in total. The van der Waals surface area contributed by atoms with Crippen LogP contribution in [0.5, 0.6) is 0 Å². The van der Waals surface area contributed by atoms with Gasteiger partial charge in [-0.2, -0.15) is 0 Å². The van der Waals surface area contributed by atoms with E-state index in [1.807, 2.05) is 6.92 Å². The van der Waals surface area contributed by atoms with Gasteiger partial charge in [-0.1, -0.05) is 36.2 Å². The number of halogens is 2. The summed E-state index contributed by atoms with van der Waals surface area (Å²) >= 11 is 12.1. The van der Waals surface area contributed by atoms with Crippen LogP contribution in [0.4, 0.5) is 11.6 Å². The normalized spacial score (nSPS) is 10.2. The Kier molecular flexibility index (Phi) is 5.36. The zero-order valence-corrected chi connectivity index (χ0v) is 12.9. The number of carbonyl (C=O) groups is 1. The highest BCUT2D eigenvalue weighted by Gasteiger charge is 2.10. The van der Waals surface area contributed by atoms with Crippen LogP contribution in [0.3, 0.4) is 0 Å². The Labute approximate surface area is 132 Å². The Hall–Kier alpha value is -1.85. The first-order chi connectivity index (χ1) is 10.1. The van der Waals surface area contributed by atoms with Crippen LogP contribution in [0, 0.1) is 0 Å². The van der Waals surface area contributed by atoms with Crippen LogP contribution in [0.25, 0.3) is 0 Å². The smallest absolute Gasteiger partial charge is 0.270 e. The molecule has 1 aromatic carbocycles. The van der Waals surface area contributed by atoms with Crippen LogP contribution >= 0.6 is 23.2 Å². The molecule has 21 heavy (non-hydrogen) atoms. The number of carbonyl (C=O) groups excluding carboxylic acids is 1. The van der Waals surface area contributed by atoms with Crippen molar-refractivity contribution in [3.63, 3.8) is 0 Å². The van der Waals surface area contributed by atoms with Crippen LogP contribution in [0.15, 0.2) is 30.5 Å². The summed E-state index contributed by atoms with van der Waals surface area (Å²) in [6.45, 7) is 2.58. The minimum atomic E-state index is -0.243. The van der Waals surface area contributed by atoms with E-state index in [1.165, 1.54) is 6.20 Å². The summed E-state index contributed by atoms with van der Waals surface area (Å²) in [5.74, 6) is 0.0155. The first-order valence-electron chi connectivity index (χ1n) is 6.44. The summed E-state index contributed by atoms with van der Waals surface area (Å²) in [6, 6.07) is 6.69. The van der Waals surface area contributed by atoms with Crippen LogP contribution < -0.4 is 10.6 Å². The van der Waals surface area contributed by atoms with E-state index in [0.717, 1.165) is 6.42 Å². The fraction of sp³-hybridized carbons (Fsp3) is 0.214. The Balaban J connectivity index is 2.20. The lowest BCUT2D eigenvalue weighted by Gasteiger charge is -2.09. The average molecular weight is 325 g/mol. The van der Waals surface area contributed by atoms with Gasteiger partial charge in [0.05, 0.1) is 15.7 Å². The molecule has 0 fully saturated rings. The molecule has 0 saturated carbocycles. The topological polar surface area (TPSA) is 66.9 Å². The van der Waals surface area contributed by atoms with Crippen molar-refractivity contribution in [1.82, 2.24) is 15.3 Å². The van der Waals surface area contributed by atoms with Gasteiger partial charge in [0.2, 0.25) is 5.95 Å². The fourth-order valence-electron chi connectivity index (χ4n) is 1.60. The summed E-state index contributed by atoms with van der Waals surface area (Å²) < 4.78 is 0. The molecule has 0 saturated heterocycles. The van der Waals surface area contributed by atoms with Crippen molar-refractivity contribution in [2.24, 2.45) is 0 Å². The molecule has 0 aliphatic carbocycles. The lowest BCUT2D eigenvalue weighted by Crippen LogP contribution is -2.25. The van der Waals surface area contributed by atoms with Gasteiger partial charge in [-0.3, -0.25) is 4.79 Å². The Bertz CT molecular complexity index is 628. The predicted molar refractivity (Wildman–Crippen MR) is 84.4 cm³/mol. The van der Waals surface area contributed by atoms with Gasteiger partial charge in [0.25, 0.3) is 5.91 Å². The van der Waals surface area contributed by atoms with Crippen molar-refractivity contribution in [2.75, 3.05) is 11.9 Å². The second-order valence-electron chi connectivity index (χ2n) is 4.24. The quantitative estimate of drug-likeness (QED) is 0.880. The fourth-order valence-corrected chi connectivity index (χ4v) is 2.10. The molecule has 1 amide bonds. The lowest BCUT2D eigenvalue weighted by atomic mass is 10.3. The SMILES string of the molecule is CCCNC(=O)c1ccnc(Nc2c(Cl)cccc2Cl)n1. The van der Waals surface area contributed by atoms with Gasteiger partial charge in [-0.15, -0.1) is 0 Å². The molecule has 1 heterocycles. The monoisotopic (exact) mass is 324 g/mol. The highest BCUT2D eigenvalue weighted by Crippen LogP contribution is 2.31. The summed E-state index contributed by atoms with van der Waals surface area (Å²) in [5.41, 5.74) is 0.788. The van der Waals surface area contributed by atoms with Gasteiger partial charge < -0.3 is 10.6 Å². The highest BCUT2D eigenvalue weighted by molar-refractivity contribution is 6.39. The van der Waals surface area contributed by atoms with E-state index in [4.69, 9.17) is 23.2 Å². The molecule has 0 aliphatic heterocycles. The number of aromatic nitrogens is 2. The molecule has 2 N–H and O–H groups in total. The van der Waals surface area contributed by atoms with Crippen LogP contribution in [-0.4, -0.2) is 22.4 Å². The third-order valence-corrected chi connectivity index (χ3v) is 3.25. The van der Waals surface area contributed by atoms with Gasteiger partial charge in [-0.05, 0) is 24.6 Å². The molecule has 0 spiro atoms. The van der Waals surface area contributed by atoms with Crippen molar-refractivity contribution in [3.05, 3.63) is 46.2 Å². The minimum Gasteiger partial charge on any atom is -0.351 e. The van der Waals surface area contributed by atoms with E-state index in [9.17, 15) is 4.79 Å². The lowest BCUT2D eigenvalue weighted by molar-refractivity contribution is 0.0948. The zero-order chi connectivity index (χ0) is 15.2. The Morgan fingerprint density at radius 2 is 1.95 bits per heavy atom. The van der Waals surface area contributed by atoms with Crippen LogP contribution in [-0.2, 0) is 0 Å². The third kappa shape index (κ3) is 4.06. The zero-order valence-electron chi connectivity index (χ0n) is 11.4.